The number of nitrogens with one attached hydrogen (secondary N) is 4. The van der Waals surface area contributed by atoms with Crippen LogP contribution in [0.3, 0.4) is 0 Å². The molecule has 374 valence electrons. The molecule has 0 bridgehead atoms. The summed E-state index contributed by atoms with van der Waals surface area (Å²) in [6.45, 7) is 22.1. The van der Waals surface area contributed by atoms with Crippen LogP contribution in [0.5, 0.6) is 0 Å². The molecule has 0 amide bonds. The van der Waals surface area contributed by atoms with Crippen LogP contribution in [0.15, 0.2) is 0 Å². The van der Waals surface area contributed by atoms with Crippen molar-refractivity contribution in [2.45, 2.75) is 244 Å². The van der Waals surface area contributed by atoms with Crippen molar-refractivity contribution in [1.29, 1.82) is 0 Å². The van der Waals surface area contributed by atoms with Crippen molar-refractivity contribution in [2.75, 3.05) is 58.9 Å². The molecule has 0 atom stereocenters. The molecule has 0 spiro atoms. The van der Waals surface area contributed by atoms with Gasteiger partial charge in [-0.2, -0.15) is 40.0 Å². The highest BCUT2D eigenvalue weighted by molar-refractivity contribution is 5.40. The number of anilines is 6. The van der Waals surface area contributed by atoms with E-state index < -0.39 is 0 Å². The largest absolute Gasteiger partial charge is 0.368 e. The molecule has 0 radical (unpaired) electrons. The van der Waals surface area contributed by atoms with Crippen LogP contribution in [0, 0.1) is 11.8 Å². The van der Waals surface area contributed by atoms with Gasteiger partial charge in [-0.1, -0.05) is 77.0 Å². The van der Waals surface area contributed by atoms with Gasteiger partial charge >= 0.3 is 0 Å². The highest BCUT2D eigenvalue weighted by atomic mass is 16.7. The second-order valence-electron chi connectivity index (χ2n) is 22.9. The van der Waals surface area contributed by atoms with E-state index in [1.165, 1.54) is 77.0 Å². The van der Waals surface area contributed by atoms with Crippen molar-refractivity contribution in [3.63, 3.8) is 0 Å². The number of hydrogen-bond donors (Lipinski definition) is 6. The third kappa shape index (κ3) is 16.1. The highest BCUT2D eigenvalue weighted by Crippen LogP contribution is 2.46. The zero-order valence-electron chi connectivity index (χ0n) is 42.7. The minimum absolute atomic E-state index is 0.0270. The quantitative estimate of drug-likeness (QED) is 0.0513. The summed E-state index contributed by atoms with van der Waals surface area (Å²) in [5.74, 6) is 3.90. The van der Waals surface area contributed by atoms with Gasteiger partial charge in [-0.05, 0) is 144 Å². The van der Waals surface area contributed by atoms with Gasteiger partial charge in [0.15, 0.2) is 0 Å². The van der Waals surface area contributed by atoms with E-state index in [1.807, 2.05) is 0 Å². The molecule has 2 saturated heterocycles. The molecule has 4 heterocycles. The summed E-state index contributed by atoms with van der Waals surface area (Å²) in [6.07, 6.45) is 29.0. The maximum absolute atomic E-state index is 6.71. The first-order chi connectivity index (χ1) is 31.5. The normalized spacial score (nSPS) is 22.0. The number of nitrogens with two attached hydrogens (primary N) is 2. The molecule has 2 aliphatic carbocycles. The third-order valence-electron chi connectivity index (χ3n) is 14.6. The van der Waals surface area contributed by atoms with Gasteiger partial charge in [0.2, 0.25) is 35.7 Å². The van der Waals surface area contributed by atoms with Crippen LogP contribution in [0.25, 0.3) is 0 Å². The van der Waals surface area contributed by atoms with E-state index in [1.54, 1.807) is 0 Å². The summed E-state index contributed by atoms with van der Waals surface area (Å²) in [5.41, 5.74) is 12.2. The van der Waals surface area contributed by atoms with Crippen LogP contribution in [-0.2, 0) is 9.68 Å². The van der Waals surface area contributed by atoms with Crippen molar-refractivity contribution < 1.29 is 9.68 Å². The molecule has 16 heteroatoms. The summed E-state index contributed by atoms with van der Waals surface area (Å²) in [7, 11) is 0. The van der Waals surface area contributed by atoms with E-state index in [4.69, 9.17) is 21.1 Å². The first-order valence-corrected chi connectivity index (χ1v) is 26.4. The Morgan fingerprint density at radius 2 is 0.712 bits per heavy atom. The second-order valence-corrected chi connectivity index (χ2v) is 22.9. The Labute approximate surface area is 398 Å². The van der Waals surface area contributed by atoms with Crippen molar-refractivity contribution in [1.82, 2.24) is 40.0 Å². The van der Waals surface area contributed by atoms with E-state index in [9.17, 15) is 0 Å². The zero-order chi connectivity index (χ0) is 47.2. The number of aromatic nitrogens is 6. The molecular weight excluding hydrogens is 829 g/mol. The Bertz CT molecular complexity index is 1590. The molecule has 0 aromatic carbocycles. The molecule has 0 unspecified atom stereocenters. The Morgan fingerprint density at radius 1 is 0.424 bits per heavy atom. The Balaban J connectivity index is 0.798. The monoisotopic (exact) mass is 921 g/mol. The van der Waals surface area contributed by atoms with Crippen LogP contribution >= 0.6 is 0 Å². The first-order valence-electron chi connectivity index (χ1n) is 26.4. The number of unbranched alkanes of at least 4 members (excludes halogenated alkanes) is 5. The van der Waals surface area contributed by atoms with Gasteiger partial charge in [-0.3, -0.25) is 9.68 Å². The topological polar surface area (TPSA) is 202 Å². The average molecular weight is 921 g/mol. The Kier molecular flexibility index (Phi) is 19.1. The molecule has 4 aliphatic rings. The lowest BCUT2D eigenvalue weighted by Gasteiger charge is -2.55. The molecule has 2 aromatic heterocycles. The summed E-state index contributed by atoms with van der Waals surface area (Å²) >= 11 is 0. The smallest absolute Gasteiger partial charge is 0.229 e. The summed E-state index contributed by atoms with van der Waals surface area (Å²) in [4.78, 5) is 39.9. The van der Waals surface area contributed by atoms with Crippen LogP contribution in [-0.4, -0.2) is 101 Å². The molecule has 4 fully saturated rings. The van der Waals surface area contributed by atoms with E-state index in [-0.39, 0.29) is 34.1 Å². The number of hydrogen-bond acceptors (Lipinski definition) is 16. The van der Waals surface area contributed by atoms with Gasteiger partial charge in [-0.15, -0.1) is 0 Å². The van der Waals surface area contributed by atoms with E-state index >= 15 is 0 Å². The van der Waals surface area contributed by atoms with Gasteiger partial charge in [0.05, 0.1) is 12.2 Å². The van der Waals surface area contributed by atoms with Crippen LogP contribution in [0.2, 0.25) is 0 Å². The second kappa shape index (κ2) is 24.3. The number of piperidine rings is 2. The number of nitrogen functional groups attached to an aromatic ring is 2. The maximum atomic E-state index is 6.71. The lowest BCUT2D eigenvalue weighted by molar-refractivity contribution is -0.314. The van der Waals surface area contributed by atoms with Crippen molar-refractivity contribution in [3.05, 3.63) is 0 Å². The van der Waals surface area contributed by atoms with Gasteiger partial charge in [-0.25, -0.2) is 0 Å². The maximum Gasteiger partial charge on any atom is 0.229 e. The molecule has 6 rings (SSSR count). The van der Waals surface area contributed by atoms with Gasteiger partial charge in [0, 0.05) is 48.3 Å². The van der Waals surface area contributed by atoms with Crippen molar-refractivity contribution in [2.24, 2.45) is 11.8 Å². The molecular formula is C50H92N14O2. The molecule has 66 heavy (non-hydrogen) atoms. The lowest BCUT2D eigenvalue weighted by Crippen LogP contribution is -2.61. The summed E-state index contributed by atoms with van der Waals surface area (Å²) in [6, 6.07) is 0. The number of rotatable bonds is 25. The molecule has 16 nitrogen and oxygen atoms in total. The molecule has 2 aliphatic heterocycles. The van der Waals surface area contributed by atoms with E-state index in [0.717, 1.165) is 103 Å². The molecule has 2 saturated carbocycles. The van der Waals surface area contributed by atoms with E-state index in [2.05, 4.69) is 117 Å². The average Bonchev–Trinajstić information content (AvgIpc) is 3.24. The predicted molar refractivity (Wildman–Crippen MR) is 270 cm³/mol. The fourth-order valence-electron chi connectivity index (χ4n) is 12.2. The fourth-order valence-corrected chi connectivity index (χ4v) is 12.2. The lowest BCUT2D eigenvalue weighted by atomic mass is 9.73. The standard InChI is InChI=1S/C50H92N14O2/c1-47(2)33-37(34-48(3,4)63(47)65-39-25-13-11-14-26-39)23-17-21-31-55-45-59-41(51)57-43(61-45)53-29-19-9-10-20-30-54-44-58-42(52)60-46(62-44)56-32-22-18-24-38-35-49(5,6)64(50(7,8)36-38)66-40-27-15-12-16-28-40/h37-40H,9-36H2,1-8H3,(H4,51,53,55,57,59,61)(H4,52,54,56,58,60,62). The molecule has 2 aromatic rings. The highest BCUT2D eigenvalue weighted by Gasteiger charge is 2.48. The summed E-state index contributed by atoms with van der Waals surface area (Å²) in [5, 5.41) is 18.2. The number of hydroxylamine groups is 4. The van der Waals surface area contributed by atoms with Crippen LogP contribution in [0.1, 0.15) is 209 Å². The van der Waals surface area contributed by atoms with Gasteiger partial charge in [0.1, 0.15) is 0 Å². The fraction of sp³-hybridized carbons (Fsp3) is 0.880. The van der Waals surface area contributed by atoms with Crippen LogP contribution < -0.4 is 32.7 Å². The van der Waals surface area contributed by atoms with Crippen molar-refractivity contribution >= 4 is 35.7 Å². The van der Waals surface area contributed by atoms with Gasteiger partial charge in [0.25, 0.3) is 0 Å². The number of nitrogens with zero attached hydrogens (tertiary/aromatic N) is 8. The summed E-state index contributed by atoms with van der Waals surface area (Å²) < 4.78 is 0. The Morgan fingerprint density at radius 3 is 1.02 bits per heavy atom. The zero-order valence-corrected chi connectivity index (χ0v) is 42.7. The minimum Gasteiger partial charge on any atom is -0.368 e. The van der Waals surface area contributed by atoms with Crippen LogP contribution in [0.4, 0.5) is 35.7 Å². The SMILES string of the molecule is CC1(C)CC(CCCCNc2nc(N)nc(NCCCCCCNc3nc(N)nc(NCCCCC4CC(C)(C)N(OC5CCCCC5)C(C)(C)C4)n3)n2)CC(C)(C)N1OC1CCCCC1. The van der Waals surface area contributed by atoms with Gasteiger partial charge < -0.3 is 32.7 Å². The first kappa shape index (κ1) is 52.0. The van der Waals surface area contributed by atoms with E-state index in [0.29, 0.717) is 47.8 Å². The molecule has 8 N–H and O–H groups in total. The Hall–Kier alpha value is -3.34. The predicted octanol–water partition coefficient (Wildman–Crippen LogP) is 10.5. The van der Waals surface area contributed by atoms with Crippen molar-refractivity contribution in [3.8, 4) is 0 Å². The third-order valence-corrected chi connectivity index (χ3v) is 14.6. The minimum atomic E-state index is 0.0270.